The first-order valence-electron chi connectivity index (χ1n) is 12.9. The zero-order valence-corrected chi connectivity index (χ0v) is 21.0. The number of carboxylic acids is 2. The highest BCUT2D eigenvalue weighted by atomic mass is 16.4. The van der Waals surface area contributed by atoms with Crippen LogP contribution in [0.1, 0.15) is 130 Å². The van der Waals surface area contributed by atoms with E-state index in [0.717, 1.165) is 44.9 Å². The lowest BCUT2D eigenvalue weighted by Crippen LogP contribution is -2.41. The van der Waals surface area contributed by atoms with Crippen LogP contribution in [0.25, 0.3) is 0 Å². The fourth-order valence-corrected chi connectivity index (χ4v) is 3.86. The van der Waals surface area contributed by atoms with Crippen molar-refractivity contribution >= 4 is 17.8 Å². The molecule has 0 heterocycles. The molecule has 0 bridgehead atoms. The number of hydrogen-bond donors (Lipinski definition) is 2. The molecular weight excluding hydrogens is 406 g/mol. The third kappa shape index (κ3) is 19.1. The van der Waals surface area contributed by atoms with E-state index in [1.165, 1.54) is 56.3 Å². The van der Waals surface area contributed by atoms with E-state index in [0.29, 0.717) is 19.4 Å². The molecule has 0 radical (unpaired) electrons. The Balaban J connectivity index is 3.62. The van der Waals surface area contributed by atoms with Gasteiger partial charge in [0.05, 0.1) is 0 Å². The third-order valence-corrected chi connectivity index (χ3v) is 6.29. The minimum absolute atomic E-state index is 0.0317. The van der Waals surface area contributed by atoms with Crippen molar-refractivity contribution in [1.82, 2.24) is 4.90 Å². The van der Waals surface area contributed by atoms with E-state index in [-0.39, 0.29) is 17.9 Å². The maximum Gasteiger partial charge on any atom is 0.323 e. The van der Waals surface area contributed by atoms with Crippen LogP contribution in [-0.2, 0) is 14.4 Å². The zero-order chi connectivity index (χ0) is 24.2. The number of nitrogens with zero attached hydrogens (tertiary/aromatic N) is 1. The van der Waals surface area contributed by atoms with Crippen LogP contribution in [0.3, 0.4) is 0 Å². The molecule has 32 heavy (non-hydrogen) atoms. The van der Waals surface area contributed by atoms with E-state index >= 15 is 0 Å². The topological polar surface area (TPSA) is 94.9 Å². The molecule has 0 saturated carbocycles. The fourth-order valence-electron chi connectivity index (χ4n) is 3.86. The molecule has 0 aromatic carbocycles. The number of carbonyl (C=O) groups excluding carboxylic acids is 1. The van der Waals surface area contributed by atoms with Crippen molar-refractivity contribution < 1.29 is 24.6 Å². The van der Waals surface area contributed by atoms with Crippen LogP contribution in [-0.4, -0.2) is 46.0 Å². The number of carboxylic acid groups (broad SMARTS) is 2. The summed E-state index contributed by atoms with van der Waals surface area (Å²) in [5, 5.41) is 17.7. The van der Waals surface area contributed by atoms with Gasteiger partial charge in [-0.15, -0.1) is 0 Å². The maximum absolute atomic E-state index is 12.5. The lowest BCUT2D eigenvalue weighted by atomic mass is 9.89. The van der Waals surface area contributed by atoms with Crippen LogP contribution in [0.2, 0.25) is 0 Å². The van der Waals surface area contributed by atoms with Gasteiger partial charge >= 0.3 is 11.9 Å². The van der Waals surface area contributed by atoms with Gasteiger partial charge in [0.2, 0.25) is 5.91 Å². The fraction of sp³-hybridized carbons (Fsp3) is 0.885. The van der Waals surface area contributed by atoms with Crippen molar-refractivity contribution in [2.24, 2.45) is 5.41 Å². The first kappa shape index (κ1) is 30.4. The van der Waals surface area contributed by atoms with Crippen molar-refractivity contribution in [1.29, 1.82) is 0 Å². The summed E-state index contributed by atoms with van der Waals surface area (Å²) in [6.07, 6.45) is 17.7. The van der Waals surface area contributed by atoms with Gasteiger partial charge in [-0.25, -0.2) is 0 Å². The Morgan fingerprint density at radius 2 is 1.00 bits per heavy atom. The molecule has 0 aliphatic carbocycles. The summed E-state index contributed by atoms with van der Waals surface area (Å²) in [7, 11) is 0. The van der Waals surface area contributed by atoms with E-state index in [9.17, 15) is 14.4 Å². The highest BCUT2D eigenvalue weighted by Crippen LogP contribution is 2.22. The van der Waals surface area contributed by atoms with Crippen LogP contribution >= 0.6 is 0 Å². The molecule has 188 valence electrons. The Bertz CT molecular complexity index is 518. The van der Waals surface area contributed by atoms with Crippen molar-refractivity contribution in [3.05, 3.63) is 0 Å². The number of rotatable bonds is 22. The van der Waals surface area contributed by atoms with E-state index in [4.69, 9.17) is 10.2 Å². The summed E-state index contributed by atoms with van der Waals surface area (Å²) in [5.74, 6) is -1.66. The Morgan fingerprint density at radius 1 is 0.625 bits per heavy atom. The molecule has 6 heteroatoms. The molecule has 0 aromatic heterocycles. The normalized spacial score (nSPS) is 11.5. The lowest BCUT2D eigenvalue weighted by molar-refractivity contribution is -0.145. The average Bonchev–Trinajstić information content (AvgIpc) is 2.72. The zero-order valence-electron chi connectivity index (χ0n) is 21.0. The van der Waals surface area contributed by atoms with Gasteiger partial charge in [-0.2, -0.15) is 0 Å². The number of amides is 1. The van der Waals surface area contributed by atoms with Gasteiger partial charge in [-0.05, 0) is 24.7 Å². The second-order valence-corrected chi connectivity index (χ2v) is 10.0. The second-order valence-electron chi connectivity index (χ2n) is 10.0. The predicted molar refractivity (Wildman–Crippen MR) is 130 cm³/mol. The summed E-state index contributed by atoms with van der Waals surface area (Å²) in [4.78, 5) is 35.5. The molecule has 6 nitrogen and oxygen atoms in total. The molecule has 2 N–H and O–H groups in total. The molecule has 0 unspecified atom stereocenters. The van der Waals surface area contributed by atoms with Crippen molar-refractivity contribution in [3.63, 3.8) is 0 Å². The lowest BCUT2D eigenvalue weighted by Gasteiger charge is -2.31. The Labute approximate surface area is 196 Å². The standard InChI is InChI=1S/C26H49NO5/c1-4-26(2,3)22-27(21-25(31)32)23(28)19-17-15-13-11-9-7-5-6-8-10-12-14-16-18-20-24(29)30/h4-22H2,1-3H3,(H,29,30)(H,31,32). The number of unbranched alkanes of at least 4 members (excludes halogenated alkanes) is 13. The molecule has 0 saturated heterocycles. The molecule has 0 aliphatic rings. The first-order valence-corrected chi connectivity index (χ1v) is 12.9. The van der Waals surface area contributed by atoms with Gasteiger partial charge in [-0.1, -0.05) is 97.8 Å². The van der Waals surface area contributed by atoms with Crippen molar-refractivity contribution in [2.45, 2.75) is 130 Å². The number of carbonyl (C=O) groups is 3. The molecule has 0 spiro atoms. The summed E-state index contributed by atoms with van der Waals surface area (Å²) in [5.41, 5.74) is -0.0624. The van der Waals surface area contributed by atoms with Gasteiger partial charge in [0.15, 0.2) is 0 Å². The van der Waals surface area contributed by atoms with Crippen LogP contribution in [0.5, 0.6) is 0 Å². The molecule has 1 amide bonds. The van der Waals surface area contributed by atoms with Gasteiger partial charge in [0, 0.05) is 19.4 Å². The smallest absolute Gasteiger partial charge is 0.323 e. The quantitative estimate of drug-likeness (QED) is 0.178. The van der Waals surface area contributed by atoms with Crippen LogP contribution in [0.4, 0.5) is 0 Å². The Hall–Kier alpha value is -1.59. The molecule has 0 rings (SSSR count). The van der Waals surface area contributed by atoms with Gasteiger partial charge < -0.3 is 15.1 Å². The Morgan fingerprint density at radius 3 is 1.34 bits per heavy atom. The minimum Gasteiger partial charge on any atom is -0.481 e. The average molecular weight is 456 g/mol. The Kier molecular flexibility index (Phi) is 18.0. The third-order valence-electron chi connectivity index (χ3n) is 6.29. The molecule has 0 aliphatic heterocycles. The number of hydrogen-bond acceptors (Lipinski definition) is 3. The molecular formula is C26H49NO5. The monoisotopic (exact) mass is 455 g/mol. The summed E-state index contributed by atoms with van der Waals surface area (Å²) < 4.78 is 0. The summed E-state index contributed by atoms with van der Waals surface area (Å²) in [6.45, 7) is 6.50. The second kappa shape index (κ2) is 18.9. The van der Waals surface area contributed by atoms with E-state index in [1.54, 1.807) is 0 Å². The summed E-state index contributed by atoms with van der Waals surface area (Å²) in [6, 6.07) is 0. The first-order chi connectivity index (χ1) is 15.2. The molecule has 0 fully saturated rings. The van der Waals surface area contributed by atoms with Crippen molar-refractivity contribution in [2.75, 3.05) is 13.1 Å². The van der Waals surface area contributed by atoms with Gasteiger partial charge in [0.25, 0.3) is 0 Å². The van der Waals surface area contributed by atoms with Crippen LogP contribution < -0.4 is 0 Å². The van der Waals surface area contributed by atoms with Gasteiger partial charge in [-0.3, -0.25) is 14.4 Å². The largest absolute Gasteiger partial charge is 0.481 e. The minimum atomic E-state index is -0.944. The maximum atomic E-state index is 12.5. The summed E-state index contributed by atoms with van der Waals surface area (Å²) >= 11 is 0. The van der Waals surface area contributed by atoms with Gasteiger partial charge in [0.1, 0.15) is 6.54 Å². The highest BCUT2D eigenvalue weighted by molar-refractivity contribution is 5.81. The molecule has 0 aromatic rings. The van der Waals surface area contributed by atoms with Crippen LogP contribution in [0, 0.1) is 5.41 Å². The predicted octanol–water partition coefficient (Wildman–Crippen LogP) is 6.66. The SMILES string of the molecule is CCC(C)(C)CN(CC(=O)O)C(=O)CCCCCCCCCCCCCCCCC(=O)O. The van der Waals surface area contributed by atoms with E-state index < -0.39 is 11.9 Å². The van der Waals surface area contributed by atoms with Crippen LogP contribution in [0.15, 0.2) is 0 Å². The van der Waals surface area contributed by atoms with E-state index in [2.05, 4.69) is 20.8 Å². The molecule has 0 atom stereocenters. The van der Waals surface area contributed by atoms with Crippen molar-refractivity contribution in [3.8, 4) is 0 Å². The highest BCUT2D eigenvalue weighted by Gasteiger charge is 2.24. The number of aliphatic carboxylic acids is 2. The van der Waals surface area contributed by atoms with E-state index in [1.807, 2.05) is 0 Å².